The van der Waals surface area contributed by atoms with Gasteiger partial charge in [-0.3, -0.25) is 14.6 Å². The lowest BCUT2D eigenvalue weighted by molar-refractivity contribution is 0.0948. The van der Waals surface area contributed by atoms with Gasteiger partial charge in [-0.15, -0.1) is 0 Å². The van der Waals surface area contributed by atoms with Crippen LogP contribution in [0.15, 0.2) is 36.5 Å². The number of anilines is 1. The third kappa shape index (κ3) is 4.53. The van der Waals surface area contributed by atoms with Crippen LogP contribution in [0.3, 0.4) is 0 Å². The van der Waals surface area contributed by atoms with Crippen LogP contribution in [0.25, 0.3) is 0 Å². The lowest BCUT2D eigenvalue weighted by Gasteiger charge is -2.09. The van der Waals surface area contributed by atoms with Gasteiger partial charge < -0.3 is 10.6 Å². The first-order chi connectivity index (χ1) is 11.0. The van der Waals surface area contributed by atoms with Crippen molar-refractivity contribution in [2.45, 2.75) is 20.3 Å². The molecule has 1 heterocycles. The monoisotopic (exact) mass is 331 g/mol. The zero-order valence-electron chi connectivity index (χ0n) is 13.0. The molecule has 0 aliphatic carbocycles. The first-order valence-electron chi connectivity index (χ1n) is 7.33. The number of hydrogen-bond acceptors (Lipinski definition) is 3. The van der Waals surface area contributed by atoms with Crippen molar-refractivity contribution < 1.29 is 9.59 Å². The number of halogens is 1. The van der Waals surface area contributed by atoms with Gasteiger partial charge in [0.1, 0.15) is 5.69 Å². The predicted molar refractivity (Wildman–Crippen MR) is 91.0 cm³/mol. The Bertz CT molecular complexity index is 732. The molecule has 0 saturated carbocycles. The zero-order chi connectivity index (χ0) is 16.8. The van der Waals surface area contributed by atoms with Gasteiger partial charge in [0.05, 0.1) is 0 Å². The van der Waals surface area contributed by atoms with E-state index in [1.165, 1.54) is 12.3 Å². The SMILES string of the molecule is CCCNC(=O)c1cc(C(=O)Nc2ccc(Cl)cc2C)ccn1. The molecule has 0 bridgehead atoms. The van der Waals surface area contributed by atoms with Gasteiger partial charge in [-0.2, -0.15) is 0 Å². The second kappa shape index (κ2) is 7.74. The van der Waals surface area contributed by atoms with Crippen LogP contribution in [-0.4, -0.2) is 23.3 Å². The van der Waals surface area contributed by atoms with E-state index in [4.69, 9.17) is 11.6 Å². The number of nitrogens with one attached hydrogen (secondary N) is 2. The van der Waals surface area contributed by atoms with Crippen molar-refractivity contribution >= 4 is 29.1 Å². The summed E-state index contributed by atoms with van der Waals surface area (Å²) in [6.07, 6.45) is 2.28. The van der Waals surface area contributed by atoms with E-state index < -0.39 is 0 Å². The van der Waals surface area contributed by atoms with Gasteiger partial charge in [0.25, 0.3) is 11.8 Å². The van der Waals surface area contributed by atoms with Gasteiger partial charge in [0, 0.05) is 29.0 Å². The van der Waals surface area contributed by atoms with Gasteiger partial charge in [0.15, 0.2) is 0 Å². The number of amides is 2. The Morgan fingerprint density at radius 3 is 2.65 bits per heavy atom. The fourth-order valence-electron chi connectivity index (χ4n) is 1.99. The summed E-state index contributed by atoms with van der Waals surface area (Å²) < 4.78 is 0. The topological polar surface area (TPSA) is 71.1 Å². The number of aryl methyl sites for hydroxylation is 1. The van der Waals surface area contributed by atoms with Gasteiger partial charge in [-0.05, 0) is 49.2 Å². The molecule has 120 valence electrons. The average molecular weight is 332 g/mol. The van der Waals surface area contributed by atoms with E-state index in [1.54, 1.807) is 24.3 Å². The summed E-state index contributed by atoms with van der Waals surface area (Å²) in [5, 5.41) is 6.15. The summed E-state index contributed by atoms with van der Waals surface area (Å²) in [4.78, 5) is 28.2. The Hall–Kier alpha value is -2.40. The molecule has 0 saturated heterocycles. The summed E-state index contributed by atoms with van der Waals surface area (Å²) in [7, 11) is 0. The minimum absolute atomic E-state index is 0.221. The Kier molecular flexibility index (Phi) is 5.71. The summed E-state index contributed by atoms with van der Waals surface area (Å²) in [5.41, 5.74) is 2.13. The maximum atomic E-state index is 12.3. The van der Waals surface area contributed by atoms with Crippen molar-refractivity contribution in [3.63, 3.8) is 0 Å². The predicted octanol–water partition coefficient (Wildman–Crippen LogP) is 3.44. The average Bonchev–Trinajstić information content (AvgIpc) is 2.55. The van der Waals surface area contributed by atoms with Crippen LogP contribution in [0.5, 0.6) is 0 Å². The number of aromatic nitrogens is 1. The van der Waals surface area contributed by atoms with Gasteiger partial charge in [-0.1, -0.05) is 18.5 Å². The highest BCUT2D eigenvalue weighted by atomic mass is 35.5. The van der Waals surface area contributed by atoms with Crippen LogP contribution in [-0.2, 0) is 0 Å². The molecule has 0 atom stereocenters. The molecule has 23 heavy (non-hydrogen) atoms. The standard InChI is InChI=1S/C17H18ClN3O2/c1-3-7-20-17(23)15-10-12(6-8-19-15)16(22)21-14-5-4-13(18)9-11(14)2/h4-6,8-10H,3,7H2,1-2H3,(H,20,23)(H,21,22). The third-order valence-corrected chi connectivity index (χ3v) is 3.46. The number of carbonyl (C=O) groups is 2. The largest absolute Gasteiger partial charge is 0.351 e. The molecular formula is C17H18ClN3O2. The minimum Gasteiger partial charge on any atom is -0.351 e. The second-order valence-corrected chi connectivity index (χ2v) is 5.54. The number of benzene rings is 1. The lowest BCUT2D eigenvalue weighted by atomic mass is 10.1. The van der Waals surface area contributed by atoms with E-state index in [1.807, 2.05) is 13.8 Å². The molecule has 2 rings (SSSR count). The van der Waals surface area contributed by atoms with Gasteiger partial charge in [-0.25, -0.2) is 0 Å². The van der Waals surface area contributed by atoms with Crippen molar-refractivity contribution in [3.05, 3.63) is 58.4 Å². The van der Waals surface area contributed by atoms with Crippen molar-refractivity contribution in [1.82, 2.24) is 10.3 Å². The Morgan fingerprint density at radius 2 is 1.96 bits per heavy atom. The minimum atomic E-state index is -0.303. The molecule has 5 nitrogen and oxygen atoms in total. The van der Waals surface area contributed by atoms with Crippen molar-refractivity contribution in [1.29, 1.82) is 0 Å². The van der Waals surface area contributed by atoms with Crippen LogP contribution in [0.2, 0.25) is 5.02 Å². The fraction of sp³-hybridized carbons (Fsp3) is 0.235. The third-order valence-electron chi connectivity index (χ3n) is 3.23. The molecule has 0 aliphatic heterocycles. The molecule has 6 heteroatoms. The summed E-state index contributed by atoms with van der Waals surface area (Å²) >= 11 is 5.90. The van der Waals surface area contributed by atoms with Crippen LogP contribution in [0, 0.1) is 6.92 Å². The van der Waals surface area contributed by atoms with Crippen LogP contribution in [0.4, 0.5) is 5.69 Å². The Morgan fingerprint density at radius 1 is 1.17 bits per heavy atom. The molecular weight excluding hydrogens is 314 g/mol. The molecule has 0 unspecified atom stereocenters. The number of carbonyl (C=O) groups excluding carboxylic acids is 2. The smallest absolute Gasteiger partial charge is 0.269 e. The zero-order valence-corrected chi connectivity index (χ0v) is 13.8. The molecule has 2 amide bonds. The van der Waals surface area contributed by atoms with E-state index in [2.05, 4.69) is 15.6 Å². The normalized spacial score (nSPS) is 10.2. The van der Waals surface area contributed by atoms with E-state index in [0.717, 1.165) is 12.0 Å². The van der Waals surface area contributed by atoms with E-state index in [-0.39, 0.29) is 17.5 Å². The molecule has 1 aromatic carbocycles. The Balaban J connectivity index is 2.15. The van der Waals surface area contributed by atoms with Crippen LogP contribution < -0.4 is 10.6 Å². The molecule has 0 aliphatic rings. The molecule has 0 radical (unpaired) electrons. The number of rotatable bonds is 5. The molecule has 2 aromatic rings. The quantitative estimate of drug-likeness (QED) is 0.881. The Labute approximate surface area is 140 Å². The lowest BCUT2D eigenvalue weighted by Crippen LogP contribution is -2.25. The van der Waals surface area contributed by atoms with Gasteiger partial charge >= 0.3 is 0 Å². The van der Waals surface area contributed by atoms with Crippen LogP contribution in [0.1, 0.15) is 39.8 Å². The first-order valence-corrected chi connectivity index (χ1v) is 7.71. The van der Waals surface area contributed by atoms with Crippen molar-refractivity contribution in [2.75, 3.05) is 11.9 Å². The molecule has 0 spiro atoms. The maximum absolute atomic E-state index is 12.3. The summed E-state index contributed by atoms with van der Waals surface area (Å²) in [6, 6.07) is 8.27. The van der Waals surface area contributed by atoms with Crippen molar-refractivity contribution in [3.8, 4) is 0 Å². The summed E-state index contributed by atoms with van der Waals surface area (Å²) in [6.45, 7) is 4.39. The van der Waals surface area contributed by atoms with E-state index in [0.29, 0.717) is 22.8 Å². The first kappa shape index (κ1) is 17.0. The van der Waals surface area contributed by atoms with E-state index >= 15 is 0 Å². The number of pyridine rings is 1. The highest BCUT2D eigenvalue weighted by molar-refractivity contribution is 6.30. The molecule has 0 fully saturated rings. The van der Waals surface area contributed by atoms with Gasteiger partial charge in [0.2, 0.25) is 0 Å². The highest BCUT2D eigenvalue weighted by Gasteiger charge is 2.12. The van der Waals surface area contributed by atoms with Crippen LogP contribution >= 0.6 is 11.6 Å². The summed E-state index contributed by atoms with van der Waals surface area (Å²) in [5.74, 6) is -0.591. The van der Waals surface area contributed by atoms with E-state index in [9.17, 15) is 9.59 Å². The number of nitrogens with zero attached hydrogens (tertiary/aromatic N) is 1. The highest BCUT2D eigenvalue weighted by Crippen LogP contribution is 2.20. The van der Waals surface area contributed by atoms with Crippen molar-refractivity contribution in [2.24, 2.45) is 0 Å². The number of hydrogen-bond donors (Lipinski definition) is 2. The molecule has 2 N–H and O–H groups in total. The maximum Gasteiger partial charge on any atom is 0.269 e. The fourth-order valence-corrected chi connectivity index (χ4v) is 2.21. The molecule has 1 aromatic heterocycles. The second-order valence-electron chi connectivity index (χ2n) is 5.10.